The Morgan fingerprint density at radius 1 is 1.15 bits per heavy atom. The van der Waals surface area contributed by atoms with Gasteiger partial charge in [0.25, 0.3) is 0 Å². The molecule has 2 rings (SSSR count). The number of thiophene rings is 1. The second-order valence-electron chi connectivity index (χ2n) is 3.93. The molecule has 1 aromatic carbocycles. The van der Waals surface area contributed by atoms with Gasteiger partial charge in [-0.3, -0.25) is 4.79 Å². The number of benzene rings is 1. The van der Waals surface area contributed by atoms with Crippen LogP contribution in [0.2, 0.25) is 0 Å². The fraction of sp³-hybridized carbons (Fsp3) is 0. The first-order chi connectivity index (χ1) is 9.49. The smallest absolute Gasteiger partial charge is 0.394 e. The van der Waals surface area contributed by atoms with Crippen LogP contribution in [0.25, 0.3) is 16.2 Å². The summed E-state index contributed by atoms with van der Waals surface area (Å²) in [5.41, 5.74) is 1.21. The molecule has 0 spiro atoms. The van der Waals surface area contributed by atoms with Crippen LogP contribution in [0, 0.1) is 0 Å². The minimum Gasteiger partial charge on any atom is -0.508 e. The van der Waals surface area contributed by atoms with Gasteiger partial charge in [-0.1, -0.05) is 36.9 Å². The molecule has 102 valence electrons. The Bertz CT molecular complexity index is 676. The zero-order chi connectivity index (χ0) is 14.7. The average molecular weight is 289 g/mol. The number of anilines is 1. The maximum Gasteiger partial charge on any atom is 0.394 e. The maximum atomic E-state index is 11.2. The van der Waals surface area contributed by atoms with Crippen LogP contribution < -0.4 is 5.32 Å². The van der Waals surface area contributed by atoms with Crippen molar-refractivity contribution in [3.63, 3.8) is 0 Å². The molecule has 5 nitrogen and oxygen atoms in total. The van der Waals surface area contributed by atoms with Crippen LogP contribution in [0.1, 0.15) is 5.56 Å². The van der Waals surface area contributed by atoms with Gasteiger partial charge in [0.2, 0.25) is 0 Å². The molecule has 0 bridgehead atoms. The van der Waals surface area contributed by atoms with E-state index in [-0.39, 0.29) is 10.8 Å². The van der Waals surface area contributed by atoms with Crippen molar-refractivity contribution >= 4 is 34.0 Å². The number of amides is 1. The van der Waals surface area contributed by atoms with E-state index >= 15 is 0 Å². The zero-order valence-corrected chi connectivity index (χ0v) is 11.1. The third kappa shape index (κ3) is 2.86. The number of aliphatic hydroxyl groups excluding tert-OH is 1. The molecular formula is C14H11NO4S. The Morgan fingerprint density at radius 2 is 1.80 bits per heavy atom. The predicted octanol–water partition coefficient (Wildman–Crippen LogP) is 2.97. The Kier molecular flexibility index (Phi) is 3.86. The lowest BCUT2D eigenvalue weighted by Crippen LogP contribution is -2.21. The van der Waals surface area contributed by atoms with Gasteiger partial charge in [0.1, 0.15) is 10.8 Å². The molecule has 20 heavy (non-hydrogen) atoms. The summed E-state index contributed by atoms with van der Waals surface area (Å²) in [6.45, 7) is 3.41. The van der Waals surface area contributed by atoms with E-state index in [2.05, 4.69) is 11.9 Å². The molecule has 0 saturated carbocycles. The van der Waals surface area contributed by atoms with Crippen LogP contribution in [0.5, 0.6) is 0 Å². The van der Waals surface area contributed by atoms with Gasteiger partial charge in [-0.05, 0) is 11.6 Å². The molecular weight excluding hydrogens is 278 g/mol. The number of hydrogen-bond acceptors (Lipinski definition) is 4. The van der Waals surface area contributed by atoms with Crippen molar-refractivity contribution in [2.45, 2.75) is 0 Å². The van der Waals surface area contributed by atoms with E-state index < -0.39 is 11.9 Å². The Hall–Kier alpha value is -2.60. The summed E-state index contributed by atoms with van der Waals surface area (Å²) in [5.74, 6) is -2.98. The van der Waals surface area contributed by atoms with Gasteiger partial charge in [-0.15, -0.1) is 11.3 Å². The van der Waals surface area contributed by atoms with E-state index in [1.54, 1.807) is 6.07 Å². The van der Waals surface area contributed by atoms with Crippen molar-refractivity contribution in [1.82, 2.24) is 0 Å². The monoisotopic (exact) mass is 289 g/mol. The maximum absolute atomic E-state index is 11.2. The number of carboxylic acids is 1. The molecule has 0 unspecified atom stereocenters. The third-order valence-electron chi connectivity index (χ3n) is 2.52. The van der Waals surface area contributed by atoms with Crippen molar-refractivity contribution in [2.75, 3.05) is 5.32 Å². The largest absolute Gasteiger partial charge is 0.508 e. The molecule has 3 N–H and O–H groups in total. The highest BCUT2D eigenvalue weighted by molar-refractivity contribution is 7.20. The van der Waals surface area contributed by atoms with Crippen LogP contribution in [-0.2, 0) is 9.59 Å². The minimum absolute atomic E-state index is 0.232. The van der Waals surface area contributed by atoms with E-state index in [0.717, 1.165) is 10.4 Å². The molecule has 0 fully saturated rings. The van der Waals surface area contributed by atoms with Crippen molar-refractivity contribution in [3.8, 4) is 10.4 Å². The lowest BCUT2D eigenvalue weighted by molar-refractivity contribution is -0.147. The highest BCUT2D eigenvalue weighted by atomic mass is 32.1. The Morgan fingerprint density at radius 3 is 2.35 bits per heavy atom. The second kappa shape index (κ2) is 5.58. The number of hydrogen-bond donors (Lipinski definition) is 3. The predicted molar refractivity (Wildman–Crippen MR) is 77.7 cm³/mol. The lowest BCUT2D eigenvalue weighted by atomic mass is 10.1. The summed E-state index contributed by atoms with van der Waals surface area (Å²) < 4.78 is 0. The van der Waals surface area contributed by atoms with Gasteiger partial charge in [-0.25, -0.2) is 4.79 Å². The number of aliphatic hydroxyl groups is 1. The number of carbonyl (C=O) groups excluding carboxylic acids is 1. The van der Waals surface area contributed by atoms with E-state index in [9.17, 15) is 14.7 Å². The highest BCUT2D eigenvalue weighted by Gasteiger charge is 2.18. The molecule has 0 radical (unpaired) electrons. The summed E-state index contributed by atoms with van der Waals surface area (Å²) >= 11 is 1.17. The molecule has 0 aliphatic rings. The van der Waals surface area contributed by atoms with Crippen molar-refractivity contribution in [2.24, 2.45) is 0 Å². The number of carboxylic acid groups (broad SMARTS) is 1. The molecule has 1 heterocycles. The molecule has 0 atom stereocenters. The number of carbonyl (C=O) groups is 2. The van der Waals surface area contributed by atoms with Gasteiger partial charge in [-0.2, -0.15) is 0 Å². The summed E-state index contributed by atoms with van der Waals surface area (Å²) in [6.07, 6.45) is 0. The van der Waals surface area contributed by atoms with Crippen molar-refractivity contribution in [3.05, 3.63) is 48.5 Å². The van der Waals surface area contributed by atoms with Gasteiger partial charge >= 0.3 is 11.9 Å². The van der Waals surface area contributed by atoms with Gasteiger partial charge in [0.05, 0.1) is 5.56 Å². The first kappa shape index (κ1) is 13.8. The fourth-order valence-corrected chi connectivity index (χ4v) is 2.68. The first-order valence-corrected chi connectivity index (χ1v) is 6.42. The average Bonchev–Trinajstić information content (AvgIpc) is 2.83. The van der Waals surface area contributed by atoms with E-state index in [0.29, 0.717) is 5.56 Å². The van der Waals surface area contributed by atoms with E-state index in [1.165, 1.54) is 11.3 Å². The number of nitrogens with one attached hydrogen (secondary N) is 1. The minimum atomic E-state index is -1.59. The molecule has 0 saturated heterocycles. The summed E-state index contributed by atoms with van der Waals surface area (Å²) in [5, 5.41) is 20.6. The molecule has 0 aliphatic carbocycles. The Balaban J connectivity index is 2.41. The van der Waals surface area contributed by atoms with E-state index in [4.69, 9.17) is 5.11 Å². The molecule has 2 aromatic rings. The Labute approximate surface area is 118 Å². The van der Waals surface area contributed by atoms with Crippen molar-refractivity contribution < 1.29 is 19.8 Å². The molecule has 6 heteroatoms. The van der Waals surface area contributed by atoms with Gasteiger partial charge < -0.3 is 15.5 Å². The van der Waals surface area contributed by atoms with Crippen LogP contribution in [0.3, 0.4) is 0 Å². The quantitative estimate of drug-likeness (QED) is 0.599. The lowest BCUT2D eigenvalue weighted by Gasteiger charge is -2.01. The molecule has 0 aliphatic heterocycles. The summed E-state index contributed by atoms with van der Waals surface area (Å²) in [7, 11) is 0. The molecule has 1 aromatic heterocycles. The summed E-state index contributed by atoms with van der Waals surface area (Å²) in [6, 6.07) is 11.0. The van der Waals surface area contributed by atoms with Gasteiger partial charge in [0, 0.05) is 4.88 Å². The summed E-state index contributed by atoms with van der Waals surface area (Å²) in [4.78, 5) is 22.6. The zero-order valence-electron chi connectivity index (χ0n) is 10.3. The van der Waals surface area contributed by atoms with Gasteiger partial charge in [0.15, 0.2) is 0 Å². The highest BCUT2D eigenvalue weighted by Crippen LogP contribution is 2.37. The molecule has 1 amide bonds. The number of rotatable bonds is 3. The van der Waals surface area contributed by atoms with Crippen LogP contribution in [-0.4, -0.2) is 22.1 Å². The SMILES string of the molecule is C=C(O)c1cc(-c2ccccc2)sc1NC(=O)C(=O)O. The van der Waals surface area contributed by atoms with E-state index in [1.807, 2.05) is 30.3 Å². The third-order valence-corrected chi connectivity index (χ3v) is 3.62. The normalized spacial score (nSPS) is 10.0. The topological polar surface area (TPSA) is 86.6 Å². The van der Waals surface area contributed by atoms with Crippen LogP contribution in [0.15, 0.2) is 43.0 Å². The van der Waals surface area contributed by atoms with Crippen LogP contribution >= 0.6 is 11.3 Å². The van der Waals surface area contributed by atoms with Crippen LogP contribution in [0.4, 0.5) is 5.00 Å². The fourth-order valence-electron chi connectivity index (χ4n) is 1.60. The van der Waals surface area contributed by atoms with Crippen molar-refractivity contribution in [1.29, 1.82) is 0 Å². The standard InChI is InChI=1S/C14H11NO4S/c1-8(16)10-7-11(9-5-3-2-4-6-9)20-13(10)15-12(17)14(18)19/h2-7,16H,1H2,(H,15,17)(H,18,19). The number of aliphatic carboxylic acids is 1. The second-order valence-corrected chi connectivity index (χ2v) is 4.98. The first-order valence-electron chi connectivity index (χ1n) is 5.61.